The van der Waals surface area contributed by atoms with Crippen LogP contribution >= 0.6 is 0 Å². The predicted octanol–water partition coefficient (Wildman–Crippen LogP) is 2.56. The summed E-state index contributed by atoms with van der Waals surface area (Å²) in [6.07, 6.45) is 2.04. The fourth-order valence-electron chi connectivity index (χ4n) is 2.13. The SMILES string of the molecule is CCC(NCc1cccc(C(N)=O)c1)c1ccc(F)cn1. The highest BCUT2D eigenvalue weighted by Crippen LogP contribution is 2.15. The van der Waals surface area contributed by atoms with Gasteiger partial charge in [0.05, 0.1) is 11.9 Å². The zero-order valence-electron chi connectivity index (χ0n) is 11.8. The van der Waals surface area contributed by atoms with Gasteiger partial charge in [-0.1, -0.05) is 19.1 Å². The predicted molar refractivity (Wildman–Crippen MR) is 79.0 cm³/mol. The lowest BCUT2D eigenvalue weighted by molar-refractivity contribution is 0.1000. The van der Waals surface area contributed by atoms with E-state index in [9.17, 15) is 9.18 Å². The minimum atomic E-state index is -0.441. The largest absolute Gasteiger partial charge is 0.366 e. The zero-order chi connectivity index (χ0) is 15.2. The molecule has 1 aromatic heterocycles. The number of hydrogen-bond donors (Lipinski definition) is 2. The first-order valence-corrected chi connectivity index (χ1v) is 6.83. The van der Waals surface area contributed by atoms with E-state index in [1.54, 1.807) is 24.3 Å². The first-order chi connectivity index (χ1) is 10.1. The lowest BCUT2D eigenvalue weighted by atomic mass is 10.1. The second-order valence-electron chi connectivity index (χ2n) is 4.81. The summed E-state index contributed by atoms with van der Waals surface area (Å²) in [6.45, 7) is 2.61. The number of halogens is 1. The van der Waals surface area contributed by atoms with E-state index in [0.29, 0.717) is 12.1 Å². The highest BCUT2D eigenvalue weighted by molar-refractivity contribution is 5.92. The third-order valence-corrected chi connectivity index (χ3v) is 3.28. The number of benzene rings is 1. The van der Waals surface area contributed by atoms with Crippen LogP contribution in [0.15, 0.2) is 42.6 Å². The molecule has 21 heavy (non-hydrogen) atoms. The smallest absolute Gasteiger partial charge is 0.248 e. The van der Waals surface area contributed by atoms with Crippen molar-refractivity contribution >= 4 is 5.91 Å². The molecular weight excluding hydrogens is 269 g/mol. The van der Waals surface area contributed by atoms with Crippen LogP contribution in [-0.4, -0.2) is 10.9 Å². The first-order valence-electron chi connectivity index (χ1n) is 6.83. The topological polar surface area (TPSA) is 68.0 Å². The number of pyridine rings is 1. The monoisotopic (exact) mass is 287 g/mol. The van der Waals surface area contributed by atoms with Crippen LogP contribution in [0.2, 0.25) is 0 Å². The van der Waals surface area contributed by atoms with Gasteiger partial charge in [0.1, 0.15) is 5.82 Å². The maximum Gasteiger partial charge on any atom is 0.248 e. The van der Waals surface area contributed by atoms with Gasteiger partial charge in [0.2, 0.25) is 5.91 Å². The van der Waals surface area contributed by atoms with Crippen molar-refractivity contribution in [3.8, 4) is 0 Å². The van der Waals surface area contributed by atoms with Gasteiger partial charge in [-0.25, -0.2) is 4.39 Å². The van der Waals surface area contributed by atoms with Crippen molar-refractivity contribution < 1.29 is 9.18 Å². The number of amides is 1. The van der Waals surface area contributed by atoms with E-state index in [4.69, 9.17) is 5.73 Å². The average molecular weight is 287 g/mol. The summed E-state index contributed by atoms with van der Waals surface area (Å²) in [4.78, 5) is 15.3. The van der Waals surface area contributed by atoms with Crippen LogP contribution in [0.1, 0.15) is 41.0 Å². The molecule has 0 saturated heterocycles. The normalized spacial score (nSPS) is 12.1. The molecule has 0 aliphatic rings. The van der Waals surface area contributed by atoms with E-state index in [1.165, 1.54) is 12.3 Å². The molecule has 2 aromatic rings. The van der Waals surface area contributed by atoms with Gasteiger partial charge in [0, 0.05) is 18.2 Å². The van der Waals surface area contributed by atoms with Crippen LogP contribution in [0.25, 0.3) is 0 Å². The quantitative estimate of drug-likeness (QED) is 0.858. The number of carbonyl (C=O) groups excluding carboxylic acids is 1. The molecule has 3 N–H and O–H groups in total. The van der Waals surface area contributed by atoms with E-state index >= 15 is 0 Å². The summed E-state index contributed by atoms with van der Waals surface area (Å²) in [5.41, 5.74) is 7.51. The van der Waals surface area contributed by atoms with Gasteiger partial charge in [0.15, 0.2) is 0 Å². The van der Waals surface area contributed by atoms with Gasteiger partial charge >= 0.3 is 0 Å². The standard InChI is InChI=1S/C16H18FN3O/c1-2-14(15-7-6-13(17)10-20-15)19-9-11-4-3-5-12(8-11)16(18)21/h3-8,10,14,19H,2,9H2,1H3,(H2,18,21). The van der Waals surface area contributed by atoms with Crippen molar-refractivity contribution in [1.82, 2.24) is 10.3 Å². The molecule has 1 amide bonds. The Balaban J connectivity index is 2.04. The minimum Gasteiger partial charge on any atom is -0.366 e. The molecule has 0 aliphatic carbocycles. The summed E-state index contributed by atoms with van der Waals surface area (Å²) in [5.74, 6) is -0.785. The fourth-order valence-corrected chi connectivity index (χ4v) is 2.13. The number of nitrogens with one attached hydrogen (secondary N) is 1. The zero-order valence-corrected chi connectivity index (χ0v) is 11.8. The highest BCUT2D eigenvalue weighted by Gasteiger charge is 2.10. The van der Waals surface area contributed by atoms with Crippen LogP contribution in [0, 0.1) is 5.82 Å². The molecule has 0 bridgehead atoms. The number of nitrogens with two attached hydrogens (primary N) is 1. The van der Waals surface area contributed by atoms with Crippen molar-refractivity contribution in [2.75, 3.05) is 0 Å². The van der Waals surface area contributed by atoms with Gasteiger partial charge in [-0.3, -0.25) is 9.78 Å². The summed E-state index contributed by atoms with van der Waals surface area (Å²) in [6, 6.07) is 10.3. The second kappa shape index (κ2) is 6.95. The van der Waals surface area contributed by atoms with Crippen LogP contribution in [0.5, 0.6) is 0 Å². The molecular formula is C16H18FN3O. The van der Waals surface area contributed by atoms with Crippen molar-refractivity contribution in [2.45, 2.75) is 25.9 Å². The van der Waals surface area contributed by atoms with Crippen LogP contribution < -0.4 is 11.1 Å². The summed E-state index contributed by atoms with van der Waals surface area (Å²) < 4.78 is 12.9. The molecule has 1 heterocycles. The molecule has 2 rings (SSSR count). The van der Waals surface area contributed by atoms with E-state index in [1.807, 2.05) is 13.0 Å². The number of nitrogens with zero attached hydrogens (tertiary/aromatic N) is 1. The lowest BCUT2D eigenvalue weighted by Crippen LogP contribution is -2.21. The molecule has 5 heteroatoms. The average Bonchev–Trinajstić information content (AvgIpc) is 2.50. The van der Waals surface area contributed by atoms with Gasteiger partial charge in [-0.15, -0.1) is 0 Å². The van der Waals surface area contributed by atoms with Crippen molar-refractivity contribution in [1.29, 1.82) is 0 Å². The molecule has 0 fully saturated rings. The number of hydrogen-bond acceptors (Lipinski definition) is 3. The highest BCUT2D eigenvalue weighted by atomic mass is 19.1. The number of carbonyl (C=O) groups is 1. The van der Waals surface area contributed by atoms with E-state index in [0.717, 1.165) is 17.7 Å². The Morgan fingerprint density at radius 1 is 1.38 bits per heavy atom. The first kappa shape index (κ1) is 15.1. The van der Waals surface area contributed by atoms with Gasteiger partial charge < -0.3 is 11.1 Å². The molecule has 1 unspecified atom stereocenters. The maximum atomic E-state index is 12.9. The Morgan fingerprint density at radius 3 is 2.81 bits per heavy atom. The summed E-state index contributed by atoms with van der Waals surface area (Å²) in [7, 11) is 0. The minimum absolute atomic E-state index is 0.0304. The fraction of sp³-hybridized carbons (Fsp3) is 0.250. The van der Waals surface area contributed by atoms with Crippen LogP contribution in [0.4, 0.5) is 4.39 Å². The Labute approximate surface area is 123 Å². The van der Waals surface area contributed by atoms with Crippen molar-refractivity contribution in [2.24, 2.45) is 5.73 Å². The summed E-state index contributed by atoms with van der Waals surface area (Å²) >= 11 is 0. The Morgan fingerprint density at radius 2 is 2.19 bits per heavy atom. The third-order valence-electron chi connectivity index (χ3n) is 3.28. The van der Waals surface area contributed by atoms with E-state index in [-0.39, 0.29) is 11.9 Å². The Bertz CT molecular complexity index is 613. The molecule has 4 nitrogen and oxygen atoms in total. The van der Waals surface area contributed by atoms with E-state index < -0.39 is 5.91 Å². The molecule has 0 aliphatic heterocycles. The Hall–Kier alpha value is -2.27. The summed E-state index contributed by atoms with van der Waals surface area (Å²) in [5, 5.41) is 3.35. The molecule has 0 spiro atoms. The number of primary amides is 1. The molecule has 0 radical (unpaired) electrons. The van der Waals surface area contributed by atoms with Gasteiger partial charge in [-0.2, -0.15) is 0 Å². The molecule has 110 valence electrons. The van der Waals surface area contributed by atoms with Crippen LogP contribution in [0.3, 0.4) is 0 Å². The van der Waals surface area contributed by atoms with Crippen LogP contribution in [-0.2, 0) is 6.54 Å². The molecule has 0 saturated carbocycles. The molecule has 1 atom stereocenters. The van der Waals surface area contributed by atoms with Gasteiger partial charge in [-0.05, 0) is 36.2 Å². The second-order valence-corrected chi connectivity index (χ2v) is 4.81. The number of aromatic nitrogens is 1. The van der Waals surface area contributed by atoms with Crippen molar-refractivity contribution in [3.05, 3.63) is 65.2 Å². The molecule has 1 aromatic carbocycles. The Kier molecular flexibility index (Phi) is 5.00. The number of rotatable bonds is 6. The lowest BCUT2D eigenvalue weighted by Gasteiger charge is -2.16. The van der Waals surface area contributed by atoms with Crippen molar-refractivity contribution in [3.63, 3.8) is 0 Å². The van der Waals surface area contributed by atoms with Gasteiger partial charge in [0.25, 0.3) is 0 Å². The third kappa shape index (κ3) is 4.10. The van der Waals surface area contributed by atoms with E-state index in [2.05, 4.69) is 10.3 Å². The maximum absolute atomic E-state index is 12.9.